The number of alkyl halides is 3. The topological polar surface area (TPSA) is 74.5 Å². The number of piperidine rings is 1. The molecule has 0 radical (unpaired) electrons. The van der Waals surface area contributed by atoms with Gasteiger partial charge in [0.05, 0.1) is 0 Å². The third-order valence-corrected chi connectivity index (χ3v) is 5.60. The average molecular weight is 437 g/mol. The minimum Gasteiger partial charge on any atom is -0.420 e. The lowest BCUT2D eigenvalue weighted by molar-refractivity contribution is -0.141. The van der Waals surface area contributed by atoms with Crippen LogP contribution in [0, 0.1) is 0 Å². The van der Waals surface area contributed by atoms with Crippen LogP contribution in [0.2, 0.25) is 0 Å². The Bertz CT molecular complexity index is 883. The minimum absolute atomic E-state index is 0.126. The molecular formula is C21H26F3N5O2. The number of hydrogen-bond donors (Lipinski definition) is 1. The first-order chi connectivity index (χ1) is 14.9. The van der Waals surface area contributed by atoms with E-state index in [1.54, 1.807) is 23.2 Å². The Morgan fingerprint density at radius 2 is 1.81 bits per heavy atom. The molecule has 0 atom stereocenters. The largest absolute Gasteiger partial charge is 0.437 e. The predicted molar refractivity (Wildman–Crippen MR) is 110 cm³/mol. The quantitative estimate of drug-likeness (QED) is 0.720. The van der Waals surface area contributed by atoms with Gasteiger partial charge in [-0.05, 0) is 43.9 Å². The molecule has 0 spiro atoms. The molecule has 4 heterocycles. The van der Waals surface area contributed by atoms with Gasteiger partial charge < -0.3 is 19.5 Å². The number of Topliss-reactive ketones (excluding diaryl/α,β-unsaturated/α-hetero) is 1. The average Bonchev–Trinajstić information content (AvgIpc) is 3.06. The summed E-state index contributed by atoms with van der Waals surface area (Å²) in [4.78, 5) is 24.6. The van der Waals surface area contributed by atoms with E-state index in [9.17, 15) is 18.0 Å². The van der Waals surface area contributed by atoms with E-state index in [2.05, 4.69) is 20.2 Å². The highest BCUT2D eigenvalue weighted by Gasteiger charge is 2.41. The molecule has 0 bridgehead atoms. The summed E-state index contributed by atoms with van der Waals surface area (Å²) in [6.45, 7) is 4.68. The van der Waals surface area contributed by atoms with E-state index in [0.717, 1.165) is 57.7 Å². The van der Waals surface area contributed by atoms with Gasteiger partial charge in [0.2, 0.25) is 11.5 Å². The van der Waals surface area contributed by atoms with Crippen molar-refractivity contribution >= 4 is 17.6 Å². The molecule has 0 unspecified atom stereocenters. The number of rotatable bonds is 5. The van der Waals surface area contributed by atoms with Crippen LogP contribution in [0.3, 0.4) is 0 Å². The zero-order valence-electron chi connectivity index (χ0n) is 17.2. The summed E-state index contributed by atoms with van der Waals surface area (Å²) >= 11 is 0. The molecule has 2 aliphatic heterocycles. The van der Waals surface area contributed by atoms with E-state index in [1.165, 1.54) is 0 Å². The van der Waals surface area contributed by atoms with Gasteiger partial charge in [-0.3, -0.25) is 4.79 Å². The van der Waals surface area contributed by atoms with Gasteiger partial charge >= 0.3 is 6.18 Å². The molecule has 2 aromatic rings. The van der Waals surface area contributed by atoms with E-state index in [4.69, 9.17) is 4.42 Å². The van der Waals surface area contributed by atoms with Gasteiger partial charge in [-0.2, -0.15) is 18.2 Å². The zero-order valence-corrected chi connectivity index (χ0v) is 17.2. The third kappa shape index (κ3) is 5.17. The van der Waals surface area contributed by atoms with Gasteiger partial charge in [0, 0.05) is 45.3 Å². The Labute approximate surface area is 178 Å². The second kappa shape index (κ2) is 9.25. The van der Waals surface area contributed by atoms with Crippen LogP contribution in [-0.4, -0.2) is 55.0 Å². The number of carbonyl (C=O) groups is 1. The van der Waals surface area contributed by atoms with Crippen molar-refractivity contribution in [3.05, 3.63) is 35.3 Å². The highest BCUT2D eigenvalue weighted by Crippen LogP contribution is 2.35. The zero-order chi connectivity index (χ0) is 21.8. The first-order valence-electron chi connectivity index (χ1n) is 10.7. The van der Waals surface area contributed by atoms with Crippen molar-refractivity contribution in [3.8, 4) is 0 Å². The molecule has 2 fully saturated rings. The fourth-order valence-corrected chi connectivity index (χ4v) is 3.96. The summed E-state index contributed by atoms with van der Waals surface area (Å²) < 4.78 is 45.9. The number of nitrogens with zero attached hydrogens (tertiary/aromatic N) is 4. The number of anilines is 2. The summed E-state index contributed by atoms with van der Waals surface area (Å²) in [7, 11) is 0. The van der Waals surface area contributed by atoms with Gasteiger partial charge in [-0.1, -0.05) is 6.07 Å². The lowest BCUT2D eigenvalue weighted by Crippen LogP contribution is -2.29. The molecule has 1 N–H and O–H groups in total. The summed E-state index contributed by atoms with van der Waals surface area (Å²) in [5.41, 5.74) is -0.717. The van der Waals surface area contributed by atoms with E-state index in [1.807, 2.05) is 0 Å². The Balaban J connectivity index is 1.50. The molecule has 0 aromatic carbocycles. The summed E-state index contributed by atoms with van der Waals surface area (Å²) in [6, 6.07) is 3.41. The Morgan fingerprint density at radius 1 is 1.03 bits per heavy atom. The molecule has 0 aliphatic carbocycles. The SMILES string of the molecule is O=C(Cc1ccc(N2CCCNCC2)nc1)c1oc(N2CCCCC2)nc1C(F)(F)F. The molecule has 2 aromatic heterocycles. The van der Waals surface area contributed by atoms with Crippen molar-refractivity contribution in [1.29, 1.82) is 0 Å². The molecule has 31 heavy (non-hydrogen) atoms. The minimum atomic E-state index is -4.76. The first-order valence-corrected chi connectivity index (χ1v) is 10.7. The smallest absolute Gasteiger partial charge is 0.420 e. The molecule has 0 amide bonds. The number of ketones is 1. The van der Waals surface area contributed by atoms with Crippen molar-refractivity contribution in [2.45, 2.75) is 38.3 Å². The molecular weight excluding hydrogens is 411 g/mol. The number of halogens is 3. The fraction of sp³-hybridized carbons (Fsp3) is 0.571. The van der Waals surface area contributed by atoms with E-state index >= 15 is 0 Å². The van der Waals surface area contributed by atoms with Crippen LogP contribution in [-0.2, 0) is 12.6 Å². The Morgan fingerprint density at radius 3 is 2.52 bits per heavy atom. The fourth-order valence-electron chi connectivity index (χ4n) is 3.96. The van der Waals surface area contributed by atoms with Crippen molar-refractivity contribution < 1.29 is 22.4 Å². The molecule has 2 saturated heterocycles. The normalized spacial score (nSPS) is 18.2. The van der Waals surface area contributed by atoms with Crippen LogP contribution >= 0.6 is 0 Å². The Kier molecular flexibility index (Phi) is 6.45. The maximum atomic E-state index is 13.5. The second-order valence-electron chi connectivity index (χ2n) is 7.93. The van der Waals surface area contributed by atoms with E-state index in [-0.39, 0.29) is 12.4 Å². The highest BCUT2D eigenvalue weighted by molar-refractivity contribution is 5.96. The van der Waals surface area contributed by atoms with Crippen molar-refractivity contribution in [2.75, 3.05) is 49.1 Å². The number of oxazole rings is 1. The monoisotopic (exact) mass is 437 g/mol. The van der Waals surface area contributed by atoms with E-state index in [0.29, 0.717) is 18.7 Å². The van der Waals surface area contributed by atoms with Gasteiger partial charge in [-0.25, -0.2) is 4.98 Å². The summed E-state index contributed by atoms with van der Waals surface area (Å²) in [5, 5.41) is 3.32. The van der Waals surface area contributed by atoms with Gasteiger partial charge in [-0.15, -0.1) is 0 Å². The summed E-state index contributed by atoms with van der Waals surface area (Å²) in [5.74, 6) is -0.685. The third-order valence-electron chi connectivity index (χ3n) is 5.60. The number of aromatic nitrogens is 2. The lowest BCUT2D eigenvalue weighted by atomic mass is 10.1. The molecule has 7 nitrogen and oxygen atoms in total. The highest BCUT2D eigenvalue weighted by atomic mass is 19.4. The van der Waals surface area contributed by atoms with Crippen molar-refractivity contribution in [3.63, 3.8) is 0 Å². The number of pyridine rings is 1. The Hall–Kier alpha value is -2.62. The second-order valence-corrected chi connectivity index (χ2v) is 7.93. The van der Waals surface area contributed by atoms with Crippen LogP contribution in [0.5, 0.6) is 0 Å². The van der Waals surface area contributed by atoms with Crippen LogP contribution in [0.4, 0.5) is 25.0 Å². The van der Waals surface area contributed by atoms with Crippen molar-refractivity contribution in [2.24, 2.45) is 0 Å². The van der Waals surface area contributed by atoms with Gasteiger partial charge in [0.1, 0.15) is 5.82 Å². The number of carbonyl (C=O) groups excluding carboxylic acids is 1. The van der Waals surface area contributed by atoms with Crippen LogP contribution in [0.25, 0.3) is 0 Å². The predicted octanol–water partition coefficient (Wildman–Crippen LogP) is 3.30. The first kappa shape index (κ1) is 21.6. The number of nitrogens with one attached hydrogen (secondary N) is 1. The molecule has 168 valence electrons. The van der Waals surface area contributed by atoms with Gasteiger partial charge in [0.25, 0.3) is 6.01 Å². The van der Waals surface area contributed by atoms with Gasteiger partial charge in [0.15, 0.2) is 5.69 Å². The standard InChI is InChI=1S/C21H26F3N5O2/c22-21(23,24)19-18(31-20(27-19)29-9-2-1-3-10-29)16(30)13-15-5-6-17(26-14-15)28-11-4-7-25-8-12-28/h5-6,14,25H,1-4,7-13H2. The molecule has 2 aliphatic rings. The summed E-state index contributed by atoms with van der Waals surface area (Å²) in [6.07, 6.45) is 0.300. The molecule has 4 rings (SSSR count). The van der Waals surface area contributed by atoms with Crippen molar-refractivity contribution in [1.82, 2.24) is 15.3 Å². The molecule has 0 saturated carbocycles. The van der Waals surface area contributed by atoms with E-state index < -0.39 is 23.4 Å². The maximum absolute atomic E-state index is 13.5. The maximum Gasteiger partial charge on any atom is 0.437 e. The molecule has 10 heteroatoms. The van der Waals surface area contributed by atoms with Crippen LogP contribution < -0.4 is 15.1 Å². The van der Waals surface area contributed by atoms with Crippen LogP contribution in [0.15, 0.2) is 22.7 Å². The number of hydrogen-bond acceptors (Lipinski definition) is 7. The lowest BCUT2D eigenvalue weighted by Gasteiger charge is -2.24. The van der Waals surface area contributed by atoms with Crippen LogP contribution in [0.1, 0.15) is 47.5 Å².